The average Bonchev–Trinajstić information content (AvgIpc) is 2.49. The van der Waals surface area contributed by atoms with E-state index in [-0.39, 0.29) is 11.9 Å². The van der Waals surface area contributed by atoms with Gasteiger partial charge in [-0.1, -0.05) is 0 Å². The molecule has 0 aliphatic heterocycles. The van der Waals surface area contributed by atoms with Crippen LogP contribution in [0.1, 0.15) is 16.6 Å². The zero-order valence-corrected chi connectivity index (χ0v) is 11.0. The van der Waals surface area contributed by atoms with Gasteiger partial charge >= 0.3 is 0 Å². The molecule has 0 radical (unpaired) electrons. The molecule has 0 saturated carbocycles. The lowest BCUT2D eigenvalue weighted by molar-refractivity contribution is 0.0947. The molecule has 0 aliphatic rings. The van der Waals surface area contributed by atoms with Crippen molar-refractivity contribution in [3.63, 3.8) is 0 Å². The van der Waals surface area contributed by atoms with Crippen LogP contribution in [0.2, 0.25) is 0 Å². The summed E-state index contributed by atoms with van der Waals surface area (Å²) in [6, 6.07) is 1.65. The molecule has 2 unspecified atom stereocenters. The minimum atomic E-state index is -0.890. The first-order chi connectivity index (χ1) is 6.99. The van der Waals surface area contributed by atoms with E-state index in [1.807, 2.05) is 6.92 Å². The first-order valence-corrected chi connectivity index (χ1v) is 7.43. The van der Waals surface area contributed by atoms with E-state index in [4.69, 9.17) is 0 Å². The summed E-state index contributed by atoms with van der Waals surface area (Å²) in [7, 11) is -0.890. The van der Waals surface area contributed by atoms with Gasteiger partial charge in [0.1, 0.15) is 0 Å². The summed E-state index contributed by atoms with van der Waals surface area (Å²) in [6.45, 7) is 1.84. The van der Waals surface area contributed by atoms with Gasteiger partial charge in [0.15, 0.2) is 0 Å². The minimum absolute atomic E-state index is 0.0752. The molecule has 1 amide bonds. The number of carbonyl (C=O) groups is 1. The Morgan fingerprint density at radius 2 is 2.40 bits per heavy atom. The summed E-state index contributed by atoms with van der Waals surface area (Å²) in [5.41, 5.74) is 0. The van der Waals surface area contributed by atoms with Crippen LogP contribution in [0, 0.1) is 0 Å². The van der Waals surface area contributed by atoms with Gasteiger partial charge in [-0.3, -0.25) is 9.00 Å². The Kier molecular flexibility index (Phi) is 4.82. The molecular formula is C9H13NO2S3. The van der Waals surface area contributed by atoms with E-state index in [1.165, 1.54) is 11.3 Å². The van der Waals surface area contributed by atoms with E-state index < -0.39 is 10.8 Å². The topological polar surface area (TPSA) is 46.2 Å². The van der Waals surface area contributed by atoms with Gasteiger partial charge in [-0.25, -0.2) is 0 Å². The third-order valence-corrected chi connectivity index (χ3v) is 4.00. The van der Waals surface area contributed by atoms with Crippen molar-refractivity contribution in [2.24, 2.45) is 0 Å². The summed E-state index contributed by atoms with van der Waals surface area (Å²) >= 11 is 5.48. The third-order valence-electron chi connectivity index (χ3n) is 1.67. The fourth-order valence-electron chi connectivity index (χ4n) is 1.13. The van der Waals surface area contributed by atoms with E-state index in [0.29, 0.717) is 10.6 Å². The fraction of sp³-hybridized carbons (Fsp3) is 0.444. The van der Waals surface area contributed by atoms with Gasteiger partial charge in [0.25, 0.3) is 5.91 Å². The normalized spacial score (nSPS) is 14.6. The van der Waals surface area contributed by atoms with E-state index in [9.17, 15) is 9.00 Å². The van der Waals surface area contributed by atoms with Crippen LogP contribution in [-0.2, 0) is 10.8 Å². The van der Waals surface area contributed by atoms with Crippen LogP contribution in [0.25, 0.3) is 0 Å². The Balaban J connectivity index is 2.52. The average molecular weight is 263 g/mol. The molecule has 0 fully saturated rings. The predicted octanol–water partition coefficient (Wildman–Crippen LogP) is 1.53. The van der Waals surface area contributed by atoms with Crippen molar-refractivity contribution in [3.05, 3.63) is 16.3 Å². The highest BCUT2D eigenvalue weighted by Crippen LogP contribution is 2.17. The summed E-state index contributed by atoms with van der Waals surface area (Å²) in [5.74, 6) is 0.350. The van der Waals surface area contributed by atoms with Crippen LogP contribution in [0.5, 0.6) is 0 Å². The maximum Gasteiger partial charge on any atom is 0.261 e. The van der Waals surface area contributed by atoms with Crippen molar-refractivity contribution < 1.29 is 9.00 Å². The van der Waals surface area contributed by atoms with Gasteiger partial charge < -0.3 is 5.32 Å². The molecule has 0 aliphatic carbocycles. The van der Waals surface area contributed by atoms with Crippen molar-refractivity contribution in [2.45, 2.75) is 17.9 Å². The molecule has 2 atom stereocenters. The number of amides is 1. The molecular weight excluding hydrogens is 250 g/mol. The molecule has 0 bridgehead atoms. The standard InChI is InChI=1S/C9H13NO2S3/c1-6(5-15(2)12)10-9(11)8-3-7(13)4-14-8/h3-4,6,13H,5H2,1-2H3,(H,10,11). The first-order valence-electron chi connectivity index (χ1n) is 4.37. The maximum atomic E-state index is 11.6. The Morgan fingerprint density at radius 3 is 2.87 bits per heavy atom. The van der Waals surface area contributed by atoms with Crippen LogP contribution < -0.4 is 5.32 Å². The summed E-state index contributed by atoms with van der Waals surface area (Å²) < 4.78 is 10.9. The van der Waals surface area contributed by atoms with Gasteiger partial charge in [-0.05, 0) is 13.0 Å². The van der Waals surface area contributed by atoms with Crippen LogP contribution in [0.3, 0.4) is 0 Å². The number of thiol groups is 1. The number of carbonyl (C=O) groups excluding carboxylic acids is 1. The van der Waals surface area contributed by atoms with Crippen LogP contribution in [-0.4, -0.2) is 28.2 Å². The van der Waals surface area contributed by atoms with Crippen LogP contribution in [0.15, 0.2) is 16.3 Å². The lowest BCUT2D eigenvalue weighted by atomic mass is 10.3. The van der Waals surface area contributed by atoms with Crippen LogP contribution >= 0.6 is 24.0 Å². The zero-order chi connectivity index (χ0) is 11.4. The molecule has 1 aromatic heterocycles. The Morgan fingerprint density at radius 1 is 1.73 bits per heavy atom. The van der Waals surface area contributed by atoms with Gasteiger partial charge in [0.05, 0.1) is 4.88 Å². The SMILES string of the molecule is CC(CS(C)=O)NC(=O)c1cc(S)cs1. The molecule has 0 spiro atoms. The first kappa shape index (κ1) is 12.7. The monoisotopic (exact) mass is 263 g/mol. The second-order valence-electron chi connectivity index (χ2n) is 3.28. The molecule has 1 aromatic rings. The molecule has 84 valence electrons. The smallest absolute Gasteiger partial charge is 0.261 e. The second kappa shape index (κ2) is 5.67. The lowest BCUT2D eigenvalue weighted by Crippen LogP contribution is -2.35. The molecule has 15 heavy (non-hydrogen) atoms. The van der Waals surface area contributed by atoms with Gasteiger partial charge in [0, 0.05) is 39.1 Å². The Labute approximate surface area is 101 Å². The second-order valence-corrected chi connectivity index (χ2v) is 6.19. The molecule has 0 aromatic carbocycles. The summed E-state index contributed by atoms with van der Waals surface area (Å²) in [6.07, 6.45) is 1.62. The van der Waals surface area contributed by atoms with E-state index >= 15 is 0 Å². The Hall–Kier alpha value is -0.330. The van der Waals surface area contributed by atoms with Crippen LogP contribution in [0.4, 0.5) is 0 Å². The number of rotatable bonds is 4. The summed E-state index contributed by atoms with van der Waals surface area (Å²) in [5, 5.41) is 4.59. The summed E-state index contributed by atoms with van der Waals surface area (Å²) in [4.78, 5) is 13.0. The predicted molar refractivity (Wildman–Crippen MR) is 67.4 cm³/mol. The van der Waals surface area contributed by atoms with Crippen molar-refractivity contribution in [2.75, 3.05) is 12.0 Å². The zero-order valence-electron chi connectivity index (χ0n) is 8.52. The highest BCUT2D eigenvalue weighted by Gasteiger charge is 2.12. The minimum Gasteiger partial charge on any atom is -0.348 e. The van der Waals surface area contributed by atoms with Crippen molar-refractivity contribution in [3.8, 4) is 0 Å². The highest BCUT2D eigenvalue weighted by molar-refractivity contribution is 7.84. The molecule has 1 rings (SSSR count). The van der Waals surface area contributed by atoms with Gasteiger partial charge in [-0.2, -0.15) is 0 Å². The third kappa shape index (κ3) is 4.36. The Bertz CT molecular complexity index is 375. The molecule has 1 heterocycles. The number of thiophene rings is 1. The molecule has 1 N–H and O–H groups in total. The highest BCUT2D eigenvalue weighted by atomic mass is 32.2. The lowest BCUT2D eigenvalue weighted by Gasteiger charge is -2.10. The fourth-order valence-corrected chi connectivity index (χ4v) is 2.97. The van der Waals surface area contributed by atoms with Crippen molar-refractivity contribution in [1.82, 2.24) is 5.32 Å². The van der Waals surface area contributed by atoms with Crippen molar-refractivity contribution in [1.29, 1.82) is 0 Å². The van der Waals surface area contributed by atoms with Crippen molar-refractivity contribution >= 4 is 40.7 Å². The molecule has 0 saturated heterocycles. The number of nitrogens with one attached hydrogen (secondary N) is 1. The van der Waals surface area contributed by atoms with E-state index in [1.54, 1.807) is 17.7 Å². The number of hydrogen-bond donors (Lipinski definition) is 2. The quantitative estimate of drug-likeness (QED) is 0.809. The number of hydrogen-bond acceptors (Lipinski definition) is 4. The van der Waals surface area contributed by atoms with Gasteiger partial charge in [-0.15, -0.1) is 24.0 Å². The largest absolute Gasteiger partial charge is 0.348 e. The van der Waals surface area contributed by atoms with Gasteiger partial charge in [0.2, 0.25) is 0 Å². The van der Waals surface area contributed by atoms with E-state index in [0.717, 1.165) is 4.90 Å². The maximum absolute atomic E-state index is 11.6. The van der Waals surface area contributed by atoms with E-state index in [2.05, 4.69) is 17.9 Å². The molecule has 6 heteroatoms. The molecule has 3 nitrogen and oxygen atoms in total.